The van der Waals surface area contributed by atoms with Crippen molar-refractivity contribution in [2.75, 3.05) is 13.1 Å². The van der Waals surface area contributed by atoms with Crippen LogP contribution in [0, 0.1) is 0 Å². The van der Waals surface area contributed by atoms with Crippen LogP contribution < -0.4 is 11.1 Å². The Morgan fingerprint density at radius 3 is 1.80 bits per heavy atom. The summed E-state index contributed by atoms with van der Waals surface area (Å²) in [5.41, 5.74) is 5.69. The van der Waals surface area contributed by atoms with E-state index in [9.17, 15) is 0 Å². The van der Waals surface area contributed by atoms with Crippen LogP contribution in [0.5, 0.6) is 0 Å². The lowest BCUT2D eigenvalue weighted by Gasteiger charge is -2.20. The first-order valence-corrected chi connectivity index (χ1v) is 5.51. The van der Waals surface area contributed by atoms with E-state index in [4.69, 9.17) is 5.73 Å². The van der Waals surface area contributed by atoms with E-state index in [-0.39, 0.29) is 30.4 Å². The second-order valence-electron chi connectivity index (χ2n) is 4.73. The minimum Gasteiger partial charge on any atom is -0.330 e. The fraction of sp³-hybridized carbons (Fsp3) is 1.00. The van der Waals surface area contributed by atoms with Gasteiger partial charge in [0.25, 0.3) is 0 Å². The zero-order valence-electron chi connectivity index (χ0n) is 10.3. The van der Waals surface area contributed by atoms with Gasteiger partial charge in [-0.15, -0.1) is 24.8 Å². The minimum absolute atomic E-state index is 0. The summed E-state index contributed by atoms with van der Waals surface area (Å²) in [4.78, 5) is 0. The van der Waals surface area contributed by atoms with Crippen molar-refractivity contribution in [2.45, 2.75) is 58.4 Å². The van der Waals surface area contributed by atoms with Crippen LogP contribution in [0.3, 0.4) is 0 Å². The summed E-state index contributed by atoms with van der Waals surface area (Å²) in [7, 11) is 0. The molecular weight excluding hydrogens is 231 g/mol. The molecule has 15 heavy (non-hydrogen) atoms. The highest BCUT2D eigenvalue weighted by Crippen LogP contribution is 2.03. The number of halogens is 2. The molecule has 0 aromatic heterocycles. The van der Waals surface area contributed by atoms with Crippen molar-refractivity contribution in [1.82, 2.24) is 5.32 Å². The number of nitrogens with one attached hydrogen (secondary N) is 1. The monoisotopic (exact) mass is 258 g/mol. The van der Waals surface area contributed by atoms with E-state index in [1.807, 2.05) is 0 Å². The molecule has 0 unspecified atom stereocenters. The Morgan fingerprint density at radius 1 is 0.867 bits per heavy atom. The summed E-state index contributed by atoms with van der Waals surface area (Å²) in [6, 6.07) is 0. The van der Waals surface area contributed by atoms with Crippen LogP contribution in [0.2, 0.25) is 0 Å². The predicted octanol–water partition coefficient (Wildman–Crippen LogP) is 3.13. The smallest absolute Gasteiger partial charge is 0.00965 e. The highest BCUT2D eigenvalue weighted by atomic mass is 35.5. The third kappa shape index (κ3) is 20.5. The maximum absolute atomic E-state index is 5.41. The van der Waals surface area contributed by atoms with Crippen LogP contribution in [0.1, 0.15) is 52.9 Å². The molecule has 0 aliphatic heterocycles. The normalized spacial score (nSPS) is 10.4. The second kappa shape index (κ2) is 12.6. The Bertz CT molecular complexity index is 114. The zero-order chi connectivity index (χ0) is 10.2. The third-order valence-electron chi connectivity index (χ3n) is 2.04. The van der Waals surface area contributed by atoms with E-state index in [0.29, 0.717) is 0 Å². The van der Waals surface area contributed by atoms with Gasteiger partial charge in [-0.1, -0.05) is 19.3 Å². The number of rotatable bonds is 7. The van der Waals surface area contributed by atoms with Gasteiger partial charge in [0.05, 0.1) is 0 Å². The number of nitrogens with two attached hydrogens (primary N) is 1. The van der Waals surface area contributed by atoms with Gasteiger partial charge in [0.1, 0.15) is 0 Å². The maximum Gasteiger partial charge on any atom is 0.00965 e. The van der Waals surface area contributed by atoms with E-state index in [2.05, 4.69) is 26.1 Å². The van der Waals surface area contributed by atoms with Crippen molar-refractivity contribution >= 4 is 24.8 Å². The minimum atomic E-state index is 0. The lowest BCUT2D eigenvalue weighted by atomic mass is 10.1. The Labute approximate surface area is 108 Å². The van der Waals surface area contributed by atoms with Gasteiger partial charge in [-0.25, -0.2) is 0 Å². The predicted molar refractivity (Wildman–Crippen MR) is 74.4 cm³/mol. The highest BCUT2D eigenvalue weighted by molar-refractivity contribution is 5.85. The van der Waals surface area contributed by atoms with Gasteiger partial charge >= 0.3 is 0 Å². The van der Waals surface area contributed by atoms with Crippen LogP contribution in [0.25, 0.3) is 0 Å². The largest absolute Gasteiger partial charge is 0.330 e. The fourth-order valence-electron chi connectivity index (χ4n) is 1.26. The molecule has 0 heterocycles. The third-order valence-corrected chi connectivity index (χ3v) is 2.04. The molecule has 0 fully saturated rings. The first kappa shape index (κ1) is 20.9. The molecule has 0 atom stereocenters. The molecule has 0 aliphatic rings. The molecule has 0 rings (SSSR count). The molecule has 0 saturated carbocycles. The molecule has 0 aromatic rings. The topological polar surface area (TPSA) is 38.0 Å². The summed E-state index contributed by atoms with van der Waals surface area (Å²) < 4.78 is 0. The van der Waals surface area contributed by atoms with Gasteiger partial charge in [-0.3, -0.25) is 0 Å². The quantitative estimate of drug-likeness (QED) is 0.689. The van der Waals surface area contributed by atoms with Crippen LogP contribution in [-0.4, -0.2) is 18.6 Å². The maximum atomic E-state index is 5.41. The first-order chi connectivity index (χ1) is 6.06. The Morgan fingerprint density at radius 2 is 1.33 bits per heavy atom. The van der Waals surface area contributed by atoms with Gasteiger partial charge < -0.3 is 11.1 Å². The lowest BCUT2D eigenvalue weighted by Crippen LogP contribution is -2.36. The molecule has 3 N–H and O–H groups in total. The highest BCUT2D eigenvalue weighted by Gasteiger charge is 2.06. The Hall–Kier alpha value is 0.500. The molecule has 4 heteroatoms. The van der Waals surface area contributed by atoms with Crippen molar-refractivity contribution in [1.29, 1.82) is 0 Å². The van der Waals surface area contributed by atoms with Crippen molar-refractivity contribution < 1.29 is 0 Å². The van der Waals surface area contributed by atoms with Gasteiger partial charge in [0.15, 0.2) is 0 Å². The van der Waals surface area contributed by atoms with Gasteiger partial charge in [0, 0.05) is 5.54 Å². The molecule has 0 spiro atoms. The van der Waals surface area contributed by atoms with Crippen LogP contribution in [-0.2, 0) is 0 Å². The molecule has 0 radical (unpaired) electrons. The van der Waals surface area contributed by atoms with Gasteiger partial charge in [-0.05, 0) is 46.7 Å². The fourth-order valence-corrected chi connectivity index (χ4v) is 1.26. The summed E-state index contributed by atoms with van der Waals surface area (Å²) in [6.07, 6.45) is 6.45. The summed E-state index contributed by atoms with van der Waals surface area (Å²) >= 11 is 0. The molecule has 0 aliphatic carbocycles. The summed E-state index contributed by atoms with van der Waals surface area (Å²) in [6.45, 7) is 8.62. The van der Waals surface area contributed by atoms with Crippen molar-refractivity contribution in [3.63, 3.8) is 0 Å². The number of hydrogen-bond acceptors (Lipinski definition) is 2. The van der Waals surface area contributed by atoms with Crippen LogP contribution in [0.4, 0.5) is 0 Å². The number of unbranched alkanes of at least 4 members (excludes halogenated alkanes) is 4. The molecule has 96 valence electrons. The molecule has 0 aromatic carbocycles. The second-order valence-corrected chi connectivity index (χ2v) is 4.73. The Kier molecular flexibility index (Phi) is 17.5. The average molecular weight is 259 g/mol. The average Bonchev–Trinajstić information content (AvgIpc) is 2.01. The van der Waals surface area contributed by atoms with Crippen molar-refractivity contribution in [3.05, 3.63) is 0 Å². The first-order valence-electron chi connectivity index (χ1n) is 5.51. The van der Waals surface area contributed by atoms with Crippen LogP contribution >= 0.6 is 24.8 Å². The van der Waals surface area contributed by atoms with E-state index >= 15 is 0 Å². The van der Waals surface area contributed by atoms with Crippen molar-refractivity contribution in [3.8, 4) is 0 Å². The van der Waals surface area contributed by atoms with E-state index < -0.39 is 0 Å². The molecular formula is C11H28Cl2N2. The van der Waals surface area contributed by atoms with E-state index in [1.54, 1.807) is 0 Å². The van der Waals surface area contributed by atoms with Crippen molar-refractivity contribution in [2.24, 2.45) is 5.73 Å². The lowest BCUT2D eigenvalue weighted by molar-refractivity contribution is 0.415. The number of hydrogen-bond donors (Lipinski definition) is 2. The van der Waals surface area contributed by atoms with Gasteiger partial charge in [0.2, 0.25) is 0 Å². The molecule has 0 saturated heterocycles. The van der Waals surface area contributed by atoms with Gasteiger partial charge in [-0.2, -0.15) is 0 Å². The Balaban J connectivity index is -0.000000720. The summed E-state index contributed by atoms with van der Waals surface area (Å²) in [5, 5.41) is 3.49. The van der Waals surface area contributed by atoms with E-state index in [1.165, 1.54) is 32.1 Å². The SMILES string of the molecule is CC(C)(C)NCCCCCCCN.Cl.Cl. The molecule has 0 bridgehead atoms. The van der Waals surface area contributed by atoms with E-state index in [0.717, 1.165) is 13.1 Å². The summed E-state index contributed by atoms with van der Waals surface area (Å²) in [5.74, 6) is 0. The zero-order valence-corrected chi connectivity index (χ0v) is 12.0. The standard InChI is InChI=1S/C11H26N2.2ClH/c1-11(2,3)13-10-8-6-4-5-7-9-12;;/h13H,4-10,12H2,1-3H3;2*1H. The molecule has 2 nitrogen and oxygen atoms in total. The molecule has 0 amide bonds. The van der Waals surface area contributed by atoms with Crippen LogP contribution in [0.15, 0.2) is 0 Å².